The molecule has 0 aliphatic carbocycles. The summed E-state index contributed by atoms with van der Waals surface area (Å²) in [5.74, 6) is -0.264. The number of carbonyl (C=O) groups is 1. The molecular weight excluding hydrogens is 156 g/mol. The lowest BCUT2D eigenvalue weighted by Gasteiger charge is -2.19. The Hall–Kier alpha value is -0.990. The van der Waals surface area contributed by atoms with E-state index in [-0.39, 0.29) is 5.97 Å². The van der Waals surface area contributed by atoms with Gasteiger partial charge in [0.25, 0.3) is 0 Å². The molecule has 0 aromatic heterocycles. The van der Waals surface area contributed by atoms with Gasteiger partial charge in [0.15, 0.2) is 0 Å². The molecule has 3 heteroatoms. The molecule has 0 fully saturated rings. The molecule has 1 rings (SSSR count). The number of esters is 1. The number of ether oxygens (including phenoxy) is 2. The van der Waals surface area contributed by atoms with Crippen LogP contribution >= 0.6 is 0 Å². The highest BCUT2D eigenvalue weighted by Gasteiger charge is 2.21. The van der Waals surface area contributed by atoms with E-state index in [0.717, 1.165) is 0 Å². The van der Waals surface area contributed by atoms with Gasteiger partial charge in [-0.25, -0.2) is 4.79 Å². The van der Waals surface area contributed by atoms with Crippen LogP contribution in [0.3, 0.4) is 0 Å². The molecule has 0 bridgehead atoms. The molecule has 0 aromatic carbocycles. The molecular formula is C9H14O3. The summed E-state index contributed by atoms with van der Waals surface area (Å²) in [4.78, 5) is 11.3. The summed E-state index contributed by atoms with van der Waals surface area (Å²) < 4.78 is 10.1. The largest absolute Gasteiger partial charge is 0.500 e. The summed E-state index contributed by atoms with van der Waals surface area (Å²) >= 11 is 0. The first-order chi connectivity index (χ1) is 5.49. The van der Waals surface area contributed by atoms with Gasteiger partial charge in [0, 0.05) is 6.42 Å². The van der Waals surface area contributed by atoms with Gasteiger partial charge in [-0.1, -0.05) is 0 Å². The molecule has 0 spiro atoms. The van der Waals surface area contributed by atoms with E-state index in [1.54, 1.807) is 0 Å². The van der Waals surface area contributed by atoms with Crippen LogP contribution in [0.25, 0.3) is 0 Å². The summed E-state index contributed by atoms with van der Waals surface area (Å²) in [6, 6.07) is 0. The van der Waals surface area contributed by atoms with E-state index >= 15 is 0 Å². The smallest absolute Gasteiger partial charge is 0.337 e. The first-order valence-corrected chi connectivity index (χ1v) is 4.03. The van der Waals surface area contributed by atoms with Crippen LogP contribution in [0.15, 0.2) is 11.8 Å². The van der Waals surface area contributed by atoms with Gasteiger partial charge >= 0.3 is 5.97 Å². The number of hydrogen-bond donors (Lipinski definition) is 0. The van der Waals surface area contributed by atoms with Crippen LogP contribution in [0.4, 0.5) is 0 Å². The second-order valence-electron chi connectivity index (χ2n) is 3.77. The van der Waals surface area contributed by atoms with Crippen LogP contribution in [0.1, 0.15) is 27.2 Å². The molecule has 0 saturated heterocycles. The van der Waals surface area contributed by atoms with Crippen molar-refractivity contribution in [1.82, 2.24) is 0 Å². The molecule has 68 valence electrons. The Morgan fingerprint density at radius 2 is 2.25 bits per heavy atom. The first-order valence-electron chi connectivity index (χ1n) is 4.03. The Balaban J connectivity index is 2.49. The summed E-state index contributed by atoms with van der Waals surface area (Å²) in [6.07, 6.45) is 2.14. The Morgan fingerprint density at radius 3 is 2.67 bits per heavy atom. The maximum Gasteiger partial charge on any atom is 0.337 e. The van der Waals surface area contributed by atoms with Gasteiger partial charge in [0.05, 0.1) is 18.4 Å². The molecule has 1 heterocycles. The second-order valence-corrected chi connectivity index (χ2v) is 3.77. The van der Waals surface area contributed by atoms with Gasteiger partial charge < -0.3 is 9.47 Å². The van der Waals surface area contributed by atoms with Gasteiger partial charge in [-0.3, -0.25) is 0 Å². The summed E-state index contributed by atoms with van der Waals surface area (Å²) in [7, 11) is 0. The molecule has 0 N–H and O–H groups in total. The fourth-order valence-corrected chi connectivity index (χ4v) is 0.881. The fraction of sp³-hybridized carbons (Fsp3) is 0.667. The van der Waals surface area contributed by atoms with Crippen LogP contribution in [0, 0.1) is 0 Å². The molecule has 0 unspecified atom stereocenters. The maximum atomic E-state index is 11.3. The van der Waals surface area contributed by atoms with Crippen LogP contribution in [0.5, 0.6) is 0 Å². The van der Waals surface area contributed by atoms with Crippen LogP contribution in [-0.4, -0.2) is 18.2 Å². The van der Waals surface area contributed by atoms with Gasteiger partial charge in [0.2, 0.25) is 0 Å². The highest BCUT2D eigenvalue weighted by atomic mass is 16.6. The molecule has 0 amide bonds. The third-order valence-electron chi connectivity index (χ3n) is 1.38. The van der Waals surface area contributed by atoms with Gasteiger partial charge in [-0.2, -0.15) is 0 Å². The molecule has 0 atom stereocenters. The molecule has 0 saturated carbocycles. The quantitative estimate of drug-likeness (QED) is 0.561. The Morgan fingerprint density at radius 1 is 1.58 bits per heavy atom. The van der Waals surface area contributed by atoms with Crippen LogP contribution in [0.2, 0.25) is 0 Å². The highest BCUT2D eigenvalue weighted by molar-refractivity contribution is 5.88. The number of carbonyl (C=O) groups excluding carboxylic acids is 1. The zero-order valence-corrected chi connectivity index (χ0v) is 7.72. The predicted molar refractivity (Wildman–Crippen MR) is 44.5 cm³/mol. The predicted octanol–water partition coefficient (Wildman–Crippen LogP) is 1.63. The third kappa shape index (κ3) is 2.57. The highest BCUT2D eigenvalue weighted by Crippen LogP contribution is 2.16. The topological polar surface area (TPSA) is 35.5 Å². The van der Waals surface area contributed by atoms with Gasteiger partial charge in [-0.15, -0.1) is 0 Å². The number of rotatable bonds is 1. The molecule has 1 aliphatic rings. The second kappa shape index (κ2) is 3.17. The van der Waals surface area contributed by atoms with Crippen molar-refractivity contribution in [2.45, 2.75) is 32.8 Å². The zero-order valence-electron chi connectivity index (χ0n) is 7.72. The van der Waals surface area contributed by atoms with E-state index in [4.69, 9.17) is 9.47 Å². The van der Waals surface area contributed by atoms with E-state index in [9.17, 15) is 4.79 Å². The summed E-state index contributed by atoms with van der Waals surface area (Å²) in [5.41, 5.74) is 0.213. The van der Waals surface area contributed by atoms with Gasteiger partial charge in [0.1, 0.15) is 5.60 Å². The van der Waals surface area contributed by atoms with Crippen molar-refractivity contribution in [3.05, 3.63) is 11.8 Å². The SMILES string of the molecule is CC(C)(C)OC(=O)C1=COCC1. The van der Waals surface area contributed by atoms with E-state index in [1.807, 2.05) is 20.8 Å². The van der Waals surface area contributed by atoms with Crippen molar-refractivity contribution in [3.8, 4) is 0 Å². The van der Waals surface area contributed by atoms with Crippen molar-refractivity contribution in [2.75, 3.05) is 6.61 Å². The Bertz CT molecular complexity index is 210. The van der Waals surface area contributed by atoms with E-state index < -0.39 is 5.60 Å². The lowest BCUT2D eigenvalue weighted by Crippen LogP contribution is -2.24. The minimum absolute atomic E-state index is 0.264. The fourth-order valence-electron chi connectivity index (χ4n) is 0.881. The molecule has 3 nitrogen and oxygen atoms in total. The molecule has 1 aliphatic heterocycles. The van der Waals surface area contributed by atoms with E-state index in [1.165, 1.54) is 6.26 Å². The normalized spacial score (nSPS) is 16.8. The van der Waals surface area contributed by atoms with Crippen LogP contribution in [-0.2, 0) is 14.3 Å². The first kappa shape index (κ1) is 9.10. The monoisotopic (exact) mass is 170 g/mol. The standard InChI is InChI=1S/C9H14O3/c1-9(2,3)12-8(10)7-4-5-11-6-7/h6H,4-5H2,1-3H3. The lowest BCUT2D eigenvalue weighted by atomic mass is 10.2. The maximum absolute atomic E-state index is 11.3. The minimum Gasteiger partial charge on any atom is -0.500 e. The van der Waals surface area contributed by atoms with Crippen molar-refractivity contribution in [3.63, 3.8) is 0 Å². The minimum atomic E-state index is -0.416. The van der Waals surface area contributed by atoms with E-state index in [0.29, 0.717) is 18.6 Å². The van der Waals surface area contributed by atoms with Crippen molar-refractivity contribution < 1.29 is 14.3 Å². The Labute approximate surface area is 72.4 Å². The average Bonchev–Trinajstić information content (AvgIpc) is 2.32. The molecule has 0 radical (unpaired) electrons. The average molecular weight is 170 g/mol. The summed E-state index contributed by atoms with van der Waals surface area (Å²) in [5, 5.41) is 0. The third-order valence-corrected chi connectivity index (χ3v) is 1.38. The zero-order chi connectivity index (χ0) is 9.19. The van der Waals surface area contributed by atoms with Crippen LogP contribution < -0.4 is 0 Å². The van der Waals surface area contributed by atoms with E-state index in [2.05, 4.69) is 0 Å². The lowest BCUT2D eigenvalue weighted by molar-refractivity contribution is -0.149. The molecule has 12 heavy (non-hydrogen) atoms. The van der Waals surface area contributed by atoms with Crippen molar-refractivity contribution in [2.24, 2.45) is 0 Å². The van der Waals surface area contributed by atoms with Crippen molar-refractivity contribution >= 4 is 5.97 Å². The summed E-state index contributed by atoms with van der Waals surface area (Å²) in [6.45, 7) is 6.14. The van der Waals surface area contributed by atoms with Gasteiger partial charge in [-0.05, 0) is 20.8 Å². The number of hydrogen-bond acceptors (Lipinski definition) is 3. The molecule has 0 aromatic rings. The van der Waals surface area contributed by atoms with Crippen molar-refractivity contribution in [1.29, 1.82) is 0 Å². The Kier molecular flexibility index (Phi) is 2.40.